The number of likely N-dealkylation sites (tertiary alicyclic amines) is 1. The molecule has 16 nitrogen and oxygen atoms in total. The standard InChI is InChI=1S/C43H68N2O14/c1-15-17-53-42(9)19-22(3)34(48)40(7)21-45(13)29-33(40)43(10,59-38(29)51)27(16-2)56-37(50)24(5)30(46)32(57-28-20-41(8,52-14)35(49)25(6)55-28)36(42)58-39-31(47)26(44(11)12)18-23(4)54-39/h1,22-29,31-33,35-36,39,47,49H,16-21H2,2-14H3/t22-,23-,24-,25+,26+,27+,28?,29?,31-,32+,33?,35+,36-,39+,40?,41?,42+,43-/m1/s1. The first kappa shape index (κ1) is 47.5. The summed E-state index contributed by atoms with van der Waals surface area (Å²) in [7, 11) is 6.87. The Morgan fingerprint density at radius 2 is 1.63 bits per heavy atom. The number of aliphatic hydroxyl groups is 2. The van der Waals surface area contributed by atoms with E-state index < -0.39 is 125 Å². The Morgan fingerprint density at radius 3 is 2.22 bits per heavy atom. The van der Waals surface area contributed by atoms with Gasteiger partial charge in [-0.15, -0.1) is 6.42 Å². The maximum atomic E-state index is 15.2. The monoisotopic (exact) mass is 836 g/mol. The first-order chi connectivity index (χ1) is 27.4. The average Bonchev–Trinajstić information content (AvgIpc) is 3.63. The minimum Gasteiger partial charge on any atom is -0.458 e. The number of Topliss-reactive ketones (excluding diaryl/α,β-unsaturated/α-hetero) is 2. The molecule has 0 amide bonds. The highest BCUT2D eigenvalue weighted by Crippen LogP contribution is 2.55. The van der Waals surface area contributed by atoms with Crippen LogP contribution in [0.5, 0.6) is 0 Å². The van der Waals surface area contributed by atoms with Crippen LogP contribution in [0.3, 0.4) is 0 Å². The number of hydrogen-bond acceptors (Lipinski definition) is 16. The predicted molar refractivity (Wildman–Crippen MR) is 211 cm³/mol. The van der Waals surface area contributed by atoms with Crippen LogP contribution < -0.4 is 0 Å². The molecule has 0 aromatic heterocycles. The summed E-state index contributed by atoms with van der Waals surface area (Å²) in [4.78, 5) is 62.1. The Bertz CT molecular complexity index is 1620. The Labute approximate surface area is 349 Å². The van der Waals surface area contributed by atoms with Crippen LogP contribution in [0.1, 0.15) is 88.0 Å². The fourth-order valence-electron chi connectivity index (χ4n) is 10.7. The van der Waals surface area contributed by atoms with E-state index >= 15 is 9.59 Å². The van der Waals surface area contributed by atoms with Gasteiger partial charge in [0.15, 0.2) is 24.0 Å². The fourth-order valence-corrected chi connectivity index (χ4v) is 10.7. The van der Waals surface area contributed by atoms with E-state index in [0.29, 0.717) is 6.42 Å². The number of hydrogen-bond donors (Lipinski definition) is 2. The van der Waals surface area contributed by atoms with Crippen LogP contribution in [0.15, 0.2) is 0 Å². The molecule has 18 atom stereocenters. The summed E-state index contributed by atoms with van der Waals surface area (Å²) in [6.45, 7) is 15.2. The molecular weight excluding hydrogens is 768 g/mol. The maximum Gasteiger partial charge on any atom is 0.324 e. The number of aliphatic hydroxyl groups excluding tert-OH is 2. The smallest absolute Gasteiger partial charge is 0.324 e. The summed E-state index contributed by atoms with van der Waals surface area (Å²) in [6, 6.07) is -1.20. The Kier molecular flexibility index (Phi) is 14.2. The number of carbonyl (C=O) groups excluding carboxylic acids is 4. The second kappa shape index (κ2) is 17.7. The molecule has 59 heavy (non-hydrogen) atoms. The number of cyclic esters (lactones) is 1. The zero-order valence-electron chi connectivity index (χ0n) is 37.1. The molecule has 0 aromatic rings. The van der Waals surface area contributed by atoms with Crippen molar-refractivity contribution in [3.8, 4) is 12.3 Å². The van der Waals surface area contributed by atoms with Crippen LogP contribution in [0.25, 0.3) is 0 Å². The van der Waals surface area contributed by atoms with Crippen molar-refractivity contribution in [2.75, 3.05) is 41.4 Å². The number of ether oxygens (including phenoxy) is 8. The lowest BCUT2D eigenvalue weighted by Crippen LogP contribution is -2.63. The summed E-state index contributed by atoms with van der Waals surface area (Å²) in [5.41, 5.74) is -5.44. The summed E-state index contributed by atoms with van der Waals surface area (Å²) >= 11 is 0. The Morgan fingerprint density at radius 1 is 0.966 bits per heavy atom. The van der Waals surface area contributed by atoms with E-state index in [1.807, 2.05) is 37.7 Å². The van der Waals surface area contributed by atoms with Gasteiger partial charge in [-0.3, -0.25) is 24.1 Å². The molecule has 5 heterocycles. The molecule has 0 saturated carbocycles. The third-order valence-electron chi connectivity index (χ3n) is 14.0. The number of terminal acetylenes is 1. The molecule has 0 radical (unpaired) electrons. The van der Waals surface area contributed by atoms with Crippen molar-refractivity contribution in [2.24, 2.45) is 23.2 Å². The van der Waals surface area contributed by atoms with Crippen LogP contribution in [-0.4, -0.2) is 169 Å². The topological polar surface area (TPSA) is 189 Å². The lowest BCUT2D eigenvalue weighted by molar-refractivity contribution is -0.328. The normalized spacial score (nSPS) is 47.6. The fraction of sp³-hybridized carbons (Fsp3) is 0.860. The van der Waals surface area contributed by atoms with Crippen molar-refractivity contribution in [1.82, 2.24) is 9.80 Å². The summed E-state index contributed by atoms with van der Waals surface area (Å²) in [5.74, 6) is -2.99. The molecule has 2 N–H and O–H groups in total. The van der Waals surface area contributed by atoms with E-state index in [1.54, 1.807) is 48.6 Å². The van der Waals surface area contributed by atoms with Gasteiger partial charge in [0.2, 0.25) is 0 Å². The molecule has 0 aliphatic carbocycles. The molecule has 5 aliphatic heterocycles. The number of methoxy groups -OCH3 is 1. The molecule has 0 spiro atoms. The number of carbonyl (C=O) groups is 4. The summed E-state index contributed by atoms with van der Waals surface area (Å²) < 4.78 is 50.4. The van der Waals surface area contributed by atoms with Gasteiger partial charge < -0.3 is 53.0 Å². The first-order valence-corrected chi connectivity index (χ1v) is 20.9. The van der Waals surface area contributed by atoms with Gasteiger partial charge in [-0.25, -0.2) is 0 Å². The van der Waals surface area contributed by atoms with E-state index in [1.165, 1.54) is 14.0 Å². The van der Waals surface area contributed by atoms with Crippen LogP contribution in [0, 0.1) is 35.5 Å². The molecular formula is C43H68N2O14. The molecule has 5 rings (SSSR count). The highest BCUT2D eigenvalue weighted by atomic mass is 16.7. The minimum atomic E-state index is -1.71. The molecule has 5 fully saturated rings. The van der Waals surface area contributed by atoms with E-state index in [2.05, 4.69) is 5.92 Å². The second-order valence-corrected chi connectivity index (χ2v) is 18.7. The van der Waals surface area contributed by atoms with Crippen molar-refractivity contribution in [3.63, 3.8) is 0 Å². The summed E-state index contributed by atoms with van der Waals surface area (Å²) in [5, 5.41) is 22.8. The van der Waals surface area contributed by atoms with Gasteiger partial charge in [-0.1, -0.05) is 26.7 Å². The van der Waals surface area contributed by atoms with Gasteiger partial charge in [-0.05, 0) is 81.9 Å². The Hall–Kier alpha value is -2.56. The highest BCUT2D eigenvalue weighted by molar-refractivity contribution is 6.01. The van der Waals surface area contributed by atoms with E-state index in [-0.39, 0.29) is 38.2 Å². The SMILES string of the molecule is C#CCO[C@@]1(C)C[C@@H](C)C(=O)C2(C)CN(C)C3C(=O)O[C@@](C)(C32)[C@H](CC)OC(=O)[C@H](C)C(=O)[C@H](OC2CC(C)(OC)[C@@H](O)[C@H](C)O2)[C@H]1O[C@@H]1O[C@H](C)C[C@H](N(C)C)[C@H]1O. The van der Waals surface area contributed by atoms with Gasteiger partial charge in [0.1, 0.15) is 54.9 Å². The number of rotatable bonds is 9. The molecule has 0 aromatic carbocycles. The molecule has 5 saturated heterocycles. The van der Waals surface area contributed by atoms with Crippen molar-refractivity contribution in [1.29, 1.82) is 0 Å². The first-order valence-electron chi connectivity index (χ1n) is 20.9. The quantitative estimate of drug-likeness (QED) is 0.195. The van der Waals surface area contributed by atoms with E-state index in [0.717, 1.165) is 0 Å². The predicted octanol–water partition coefficient (Wildman–Crippen LogP) is 1.88. The van der Waals surface area contributed by atoms with Gasteiger partial charge in [0, 0.05) is 43.4 Å². The zero-order chi connectivity index (χ0) is 44.2. The number of likely N-dealkylation sites (N-methyl/N-ethyl adjacent to an activating group) is 2. The number of nitrogens with zero attached hydrogens (tertiary/aromatic N) is 2. The van der Waals surface area contributed by atoms with Gasteiger partial charge in [0.05, 0.1) is 23.4 Å². The number of ketones is 2. The zero-order valence-corrected chi connectivity index (χ0v) is 37.1. The van der Waals surface area contributed by atoms with E-state index in [9.17, 15) is 19.8 Å². The third kappa shape index (κ3) is 8.63. The van der Waals surface area contributed by atoms with Crippen LogP contribution >= 0.6 is 0 Å². The largest absolute Gasteiger partial charge is 0.458 e. The molecule has 334 valence electrons. The molecule has 5 aliphatic rings. The van der Waals surface area contributed by atoms with Crippen molar-refractivity contribution in [3.05, 3.63) is 0 Å². The van der Waals surface area contributed by atoms with Crippen molar-refractivity contribution in [2.45, 2.75) is 172 Å². The average molecular weight is 837 g/mol. The van der Waals surface area contributed by atoms with Crippen molar-refractivity contribution >= 4 is 23.5 Å². The van der Waals surface area contributed by atoms with Crippen LogP contribution in [0.4, 0.5) is 0 Å². The minimum absolute atomic E-state index is 0.0422. The van der Waals surface area contributed by atoms with Gasteiger partial charge in [0.25, 0.3) is 0 Å². The highest BCUT2D eigenvalue weighted by Gasteiger charge is 2.71. The maximum absolute atomic E-state index is 15.2. The second-order valence-electron chi connectivity index (χ2n) is 18.7. The van der Waals surface area contributed by atoms with Crippen LogP contribution in [-0.2, 0) is 57.1 Å². The molecule has 0 bridgehead atoms. The van der Waals surface area contributed by atoms with Gasteiger partial charge in [-0.2, -0.15) is 0 Å². The van der Waals surface area contributed by atoms with Gasteiger partial charge >= 0.3 is 11.9 Å². The van der Waals surface area contributed by atoms with E-state index in [4.69, 9.17) is 44.3 Å². The van der Waals surface area contributed by atoms with Crippen LogP contribution in [0.2, 0.25) is 0 Å². The Balaban J connectivity index is 1.72. The molecule has 16 heteroatoms. The third-order valence-corrected chi connectivity index (χ3v) is 14.0. The lowest BCUT2D eigenvalue weighted by atomic mass is 9.62. The summed E-state index contributed by atoms with van der Waals surface area (Å²) in [6.07, 6.45) is -3.95. The number of esters is 2. The lowest BCUT2D eigenvalue weighted by Gasteiger charge is -2.49. The molecule has 5 unspecified atom stereocenters. The van der Waals surface area contributed by atoms with Crippen molar-refractivity contribution < 1.29 is 67.3 Å².